The first kappa shape index (κ1) is 20.0. The molecule has 1 aromatic carbocycles. The minimum absolute atomic E-state index is 0.00206. The Morgan fingerprint density at radius 3 is 2.77 bits per heavy atom. The van der Waals surface area contributed by atoms with Gasteiger partial charge in [0.15, 0.2) is 11.6 Å². The first-order chi connectivity index (χ1) is 14.4. The molecule has 9 heteroatoms. The highest BCUT2D eigenvalue weighted by molar-refractivity contribution is 5.68. The van der Waals surface area contributed by atoms with Crippen molar-refractivity contribution in [1.29, 1.82) is 5.26 Å². The number of halogens is 1. The van der Waals surface area contributed by atoms with Gasteiger partial charge in [-0.2, -0.15) is 10.4 Å². The van der Waals surface area contributed by atoms with Gasteiger partial charge in [-0.3, -0.25) is 4.68 Å². The summed E-state index contributed by atoms with van der Waals surface area (Å²) >= 11 is 0. The van der Waals surface area contributed by atoms with Gasteiger partial charge in [-0.25, -0.2) is 9.18 Å². The maximum atomic E-state index is 13.9. The lowest BCUT2D eigenvalue weighted by Crippen LogP contribution is -2.41. The van der Waals surface area contributed by atoms with E-state index in [2.05, 4.69) is 11.2 Å². The Hall–Kier alpha value is -3.28. The zero-order valence-corrected chi connectivity index (χ0v) is 16.8. The molecule has 2 aromatic rings. The van der Waals surface area contributed by atoms with Crippen LogP contribution >= 0.6 is 0 Å². The Labute approximate surface area is 174 Å². The van der Waals surface area contributed by atoms with E-state index < -0.39 is 5.82 Å². The van der Waals surface area contributed by atoms with E-state index in [0.717, 1.165) is 12.8 Å². The molecule has 0 unspecified atom stereocenters. The van der Waals surface area contributed by atoms with Crippen LogP contribution in [0.3, 0.4) is 0 Å². The Kier molecular flexibility index (Phi) is 5.24. The fourth-order valence-electron chi connectivity index (χ4n) is 3.54. The van der Waals surface area contributed by atoms with E-state index in [4.69, 9.17) is 15.2 Å². The number of benzene rings is 1. The van der Waals surface area contributed by atoms with Gasteiger partial charge in [-0.1, -0.05) is 0 Å². The van der Waals surface area contributed by atoms with Crippen LogP contribution in [0.2, 0.25) is 0 Å². The molecule has 30 heavy (non-hydrogen) atoms. The average Bonchev–Trinajstić information content (AvgIpc) is 3.30. The lowest BCUT2D eigenvalue weighted by molar-refractivity contribution is 0.0489. The van der Waals surface area contributed by atoms with Gasteiger partial charge < -0.3 is 20.1 Å². The molecule has 2 N–H and O–H groups in total. The second-order valence-corrected chi connectivity index (χ2v) is 8.09. The first-order valence-electron chi connectivity index (χ1n) is 10.0. The molecule has 0 atom stereocenters. The number of likely N-dealkylation sites (tertiary alicyclic amines) is 1. The van der Waals surface area contributed by atoms with Crippen molar-refractivity contribution in [2.24, 2.45) is 0 Å². The maximum absolute atomic E-state index is 13.9. The zero-order chi connectivity index (χ0) is 21.3. The van der Waals surface area contributed by atoms with Gasteiger partial charge in [0.25, 0.3) is 0 Å². The maximum Gasteiger partial charge on any atom is 0.410 e. The number of nitrogens with two attached hydrogens (primary N) is 1. The van der Waals surface area contributed by atoms with Crippen LogP contribution in [0.15, 0.2) is 24.4 Å². The summed E-state index contributed by atoms with van der Waals surface area (Å²) in [6.07, 6.45) is 4.49. The van der Waals surface area contributed by atoms with Crippen molar-refractivity contribution in [3.63, 3.8) is 0 Å². The molecular formula is C21H24FN5O3. The number of anilines is 1. The fraction of sp³-hybridized carbons (Fsp3) is 0.476. The third kappa shape index (κ3) is 4.17. The molecule has 4 rings (SSSR count). The molecule has 1 saturated heterocycles. The van der Waals surface area contributed by atoms with Gasteiger partial charge in [-0.15, -0.1) is 0 Å². The number of hydrogen-bond donors (Lipinski definition) is 1. The highest BCUT2D eigenvalue weighted by Gasteiger charge is 2.43. The zero-order valence-electron chi connectivity index (χ0n) is 16.8. The number of rotatable bonds is 5. The summed E-state index contributed by atoms with van der Waals surface area (Å²) in [5.41, 5.74) is 6.53. The lowest BCUT2D eigenvalue weighted by Gasteiger charge is -2.32. The van der Waals surface area contributed by atoms with E-state index in [1.54, 1.807) is 21.8 Å². The van der Waals surface area contributed by atoms with Crippen LogP contribution in [0, 0.1) is 17.1 Å². The molecule has 0 spiro atoms. The fourth-order valence-corrected chi connectivity index (χ4v) is 3.54. The highest BCUT2D eigenvalue weighted by atomic mass is 19.1. The molecule has 8 nitrogen and oxygen atoms in total. The van der Waals surface area contributed by atoms with Crippen molar-refractivity contribution < 1.29 is 18.7 Å². The Morgan fingerprint density at radius 1 is 1.40 bits per heavy atom. The van der Waals surface area contributed by atoms with Gasteiger partial charge in [0.05, 0.1) is 12.2 Å². The van der Waals surface area contributed by atoms with Gasteiger partial charge in [0.1, 0.15) is 24.0 Å². The van der Waals surface area contributed by atoms with Crippen LogP contribution in [0.25, 0.3) is 0 Å². The van der Waals surface area contributed by atoms with Gasteiger partial charge in [0.2, 0.25) is 0 Å². The highest BCUT2D eigenvalue weighted by Crippen LogP contribution is 2.39. The van der Waals surface area contributed by atoms with Gasteiger partial charge >= 0.3 is 6.09 Å². The Bertz CT molecular complexity index is 987. The lowest BCUT2D eigenvalue weighted by atomic mass is 10.1. The molecule has 0 radical (unpaired) electrons. The van der Waals surface area contributed by atoms with Crippen LogP contribution in [-0.2, 0) is 11.3 Å². The van der Waals surface area contributed by atoms with E-state index in [0.29, 0.717) is 42.9 Å². The van der Waals surface area contributed by atoms with E-state index >= 15 is 0 Å². The van der Waals surface area contributed by atoms with Crippen LogP contribution in [0.5, 0.6) is 5.75 Å². The quantitative estimate of drug-likeness (QED) is 0.753. The van der Waals surface area contributed by atoms with E-state index in [9.17, 15) is 14.4 Å². The molecule has 1 aliphatic heterocycles. The number of hydrogen-bond acceptors (Lipinski definition) is 6. The largest absolute Gasteiger partial charge is 0.486 e. The van der Waals surface area contributed by atoms with Crippen LogP contribution < -0.4 is 10.5 Å². The van der Waals surface area contributed by atoms with Crippen molar-refractivity contribution in [1.82, 2.24) is 14.7 Å². The van der Waals surface area contributed by atoms with Crippen molar-refractivity contribution in [3.8, 4) is 11.8 Å². The molecule has 158 valence electrons. The Morgan fingerprint density at radius 2 is 2.13 bits per heavy atom. The summed E-state index contributed by atoms with van der Waals surface area (Å²) in [7, 11) is 0. The summed E-state index contributed by atoms with van der Waals surface area (Å²) < 4.78 is 26.6. The van der Waals surface area contributed by atoms with Crippen molar-refractivity contribution in [2.75, 3.05) is 18.8 Å². The molecule has 1 saturated carbocycles. The SMILES string of the molecule is CC1(OC(=O)N2CCC(n3ncc(COc4ccc(N)cc4F)c3C#N)CC2)CC1. The molecule has 1 amide bonds. The number of nitrogens with zero attached hydrogens (tertiary/aromatic N) is 4. The van der Waals surface area contributed by atoms with Crippen molar-refractivity contribution >= 4 is 11.8 Å². The molecule has 1 aromatic heterocycles. The smallest absolute Gasteiger partial charge is 0.410 e. The van der Waals surface area contributed by atoms with Crippen molar-refractivity contribution in [3.05, 3.63) is 41.5 Å². The van der Waals surface area contributed by atoms with E-state index in [-0.39, 0.29) is 30.1 Å². The predicted octanol–water partition coefficient (Wildman–Crippen LogP) is 3.38. The van der Waals surface area contributed by atoms with Crippen molar-refractivity contribution in [2.45, 2.75) is 50.9 Å². The topological polar surface area (TPSA) is 106 Å². The van der Waals surface area contributed by atoms with Crippen LogP contribution in [0.4, 0.5) is 14.9 Å². The molecule has 1 aliphatic carbocycles. The van der Waals surface area contributed by atoms with Gasteiger partial charge in [0, 0.05) is 30.4 Å². The number of carbonyl (C=O) groups excluding carboxylic acids is 1. The second-order valence-electron chi connectivity index (χ2n) is 8.09. The first-order valence-corrected chi connectivity index (χ1v) is 10.0. The van der Waals surface area contributed by atoms with Gasteiger partial charge in [-0.05, 0) is 44.7 Å². The summed E-state index contributed by atoms with van der Waals surface area (Å²) in [4.78, 5) is 14.0. The number of carbonyl (C=O) groups is 1. The summed E-state index contributed by atoms with van der Waals surface area (Å²) in [6.45, 7) is 3.06. The number of piperidine rings is 1. The number of ether oxygens (including phenoxy) is 2. The molecular weight excluding hydrogens is 389 g/mol. The molecule has 2 fully saturated rings. The number of aromatic nitrogens is 2. The van der Waals surface area contributed by atoms with Crippen LogP contribution in [-0.4, -0.2) is 39.5 Å². The van der Waals surface area contributed by atoms with E-state index in [1.165, 1.54) is 12.1 Å². The third-order valence-corrected chi connectivity index (χ3v) is 5.67. The molecule has 0 bridgehead atoms. The number of nitriles is 1. The summed E-state index contributed by atoms with van der Waals surface area (Å²) in [6, 6.07) is 6.37. The summed E-state index contributed by atoms with van der Waals surface area (Å²) in [5, 5.41) is 14.0. The standard InChI is InChI=1S/C21H24FN5O3/c1-21(6-7-21)30-20(28)26-8-4-16(5-9-26)27-18(11-23)14(12-25-27)13-29-19-3-2-15(24)10-17(19)22/h2-3,10,12,16H,4-9,13,24H2,1H3. The normalized spacial score (nSPS) is 18.0. The number of nitrogen functional groups attached to an aromatic ring is 1. The Balaban J connectivity index is 1.38. The minimum Gasteiger partial charge on any atom is -0.486 e. The predicted molar refractivity (Wildman–Crippen MR) is 106 cm³/mol. The second kappa shape index (κ2) is 7.86. The third-order valence-electron chi connectivity index (χ3n) is 5.67. The monoisotopic (exact) mass is 413 g/mol. The van der Waals surface area contributed by atoms with Crippen LogP contribution in [0.1, 0.15) is 49.9 Å². The average molecular weight is 413 g/mol. The summed E-state index contributed by atoms with van der Waals surface area (Å²) in [5.74, 6) is -0.489. The van der Waals surface area contributed by atoms with E-state index in [1.807, 2.05) is 6.92 Å². The molecule has 2 heterocycles. The molecule has 2 aliphatic rings. The minimum atomic E-state index is -0.555. The number of amides is 1.